The first-order valence-electron chi connectivity index (χ1n) is 6.13. The summed E-state index contributed by atoms with van der Waals surface area (Å²) < 4.78 is 5.05. The van der Waals surface area contributed by atoms with Crippen molar-refractivity contribution in [3.63, 3.8) is 0 Å². The molecule has 2 heteroatoms. The molecule has 0 aliphatic heterocycles. The normalized spacial score (nSPS) is 17.6. The Kier molecular flexibility index (Phi) is 4.14. The quantitative estimate of drug-likeness (QED) is 0.820. The minimum absolute atomic E-state index is 0.0795. The first kappa shape index (κ1) is 13.1. The Bertz CT molecular complexity index is 587. The standard InChI is InChI=1S/C17H16O2/c1-13-11-16(18)17(19-2)12-15(13)10-6-9-14-7-4-3-5-8-14/h3-12H,1-2H3. The molecule has 0 unspecified atom stereocenters. The van der Waals surface area contributed by atoms with Gasteiger partial charge in [0.05, 0.1) is 7.11 Å². The van der Waals surface area contributed by atoms with Crippen molar-refractivity contribution in [1.82, 2.24) is 0 Å². The Morgan fingerprint density at radius 1 is 1.11 bits per heavy atom. The lowest BCUT2D eigenvalue weighted by atomic mass is 9.98. The number of hydrogen-bond acceptors (Lipinski definition) is 2. The first-order chi connectivity index (χ1) is 9.20. The van der Waals surface area contributed by atoms with Crippen molar-refractivity contribution in [2.24, 2.45) is 0 Å². The Labute approximate surface area is 113 Å². The topological polar surface area (TPSA) is 26.3 Å². The van der Waals surface area contributed by atoms with E-state index in [4.69, 9.17) is 4.74 Å². The van der Waals surface area contributed by atoms with Gasteiger partial charge in [-0.05, 0) is 35.8 Å². The van der Waals surface area contributed by atoms with E-state index in [0.29, 0.717) is 5.76 Å². The Balaban J connectivity index is 2.19. The second kappa shape index (κ2) is 6.01. The number of carbonyl (C=O) groups is 1. The minimum atomic E-state index is -0.0795. The lowest BCUT2D eigenvalue weighted by molar-refractivity contribution is -0.114. The summed E-state index contributed by atoms with van der Waals surface area (Å²) in [5.41, 5.74) is 3.08. The monoisotopic (exact) mass is 252 g/mol. The van der Waals surface area contributed by atoms with Gasteiger partial charge in [-0.15, -0.1) is 0 Å². The van der Waals surface area contributed by atoms with E-state index < -0.39 is 0 Å². The number of ether oxygens (including phenoxy) is 1. The summed E-state index contributed by atoms with van der Waals surface area (Å²) in [6, 6.07) is 10.1. The summed E-state index contributed by atoms with van der Waals surface area (Å²) in [5.74, 6) is 0.300. The first-order valence-corrected chi connectivity index (χ1v) is 6.13. The van der Waals surface area contributed by atoms with E-state index in [1.807, 2.05) is 55.5 Å². The fourth-order valence-electron chi connectivity index (χ4n) is 1.84. The molecule has 1 aliphatic rings. The van der Waals surface area contributed by atoms with Gasteiger partial charge in [0.25, 0.3) is 0 Å². The van der Waals surface area contributed by atoms with Crippen LogP contribution < -0.4 is 0 Å². The second-order valence-electron chi connectivity index (χ2n) is 4.30. The molecule has 0 aromatic heterocycles. The van der Waals surface area contributed by atoms with Crippen LogP contribution in [0.5, 0.6) is 0 Å². The average Bonchev–Trinajstić information content (AvgIpc) is 2.42. The number of benzene rings is 1. The van der Waals surface area contributed by atoms with Gasteiger partial charge in [0.2, 0.25) is 5.78 Å². The SMILES string of the molecule is COC1=CC(=CC=Cc2ccccc2)C(C)=CC1=O. The van der Waals surface area contributed by atoms with Gasteiger partial charge in [-0.2, -0.15) is 0 Å². The largest absolute Gasteiger partial charge is 0.493 e. The van der Waals surface area contributed by atoms with Gasteiger partial charge < -0.3 is 4.74 Å². The zero-order valence-corrected chi connectivity index (χ0v) is 11.1. The van der Waals surface area contributed by atoms with Crippen molar-refractivity contribution in [2.75, 3.05) is 7.11 Å². The smallest absolute Gasteiger partial charge is 0.220 e. The van der Waals surface area contributed by atoms with Crippen LogP contribution in [-0.2, 0) is 9.53 Å². The van der Waals surface area contributed by atoms with Crippen LogP contribution in [0.15, 0.2) is 71.5 Å². The lowest BCUT2D eigenvalue weighted by Crippen LogP contribution is -2.07. The zero-order chi connectivity index (χ0) is 13.7. The summed E-state index contributed by atoms with van der Waals surface area (Å²) >= 11 is 0. The Hall–Kier alpha value is -2.35. The summed E-state index contributed by atoms with van der Waals surface area (Å²) in [6.07, 6.45) is 9.34. The molecule has 0 fully saturated rings. The third-order valence-electron chi connectivity index (χ3n) is 2.92. The highest BCUT2D eigenvalue weighted by molar-refractivity contribution is 6.05. The van der Waals surface area contributed by atoms with E-state index in [9.17, 15) is 4.79 Å². The van der Waals surface area contributed by atoms with Crippen molar-refractivity contribution >= 4 is 11.9 Å². The van der Waals surface area contributed by atoms with Gasteiger partial charge >= 0.3 is 0 Å². The van der Waals surface area contributed by atoms with Crippen molar-refractivity contribution in [3.8, 4) is 0 Å². The van der Waals surface area contributed by atoms with E-state index in [2.05, 4.69) is 0 Å². The van der Waals surface area contributed by atoms with Gasteiger partial charge in [0.1, 0.15) is 0 Å². The van der Waals surface area contributed by atoms with E-state index >= 15 is 0 Å². The maximum atomic E-state index is 11.6. The maximum Gasteiger partial charge on any atom is 0.220 e. The molecule has 96 valence electrons. The van der Waals surface area contributed by atoms with Crippen LogP contribution in [-0.4, -0.2) is 12.9 Å². The molecule has 2 nitrogen and oxygen atoms in total. The fraction of sp³-hybridized carbons (Fsp3) is 0.118. The predicted octanol–water partition coefficient (Wildman–Crippen LogP) is 3.69. The zero-order valence-electron chi connectivity index (χ0n) is 11.1. The van der Waals surface area contributed by atoms with Gasteiger partial charge in [0, 0.05) is 0 Å². The van der Waals surface area contributed by atoms with Crippen LogP contribution in [0.4, 0.5) is 0 Å². The van der Waals surface area contributed by atoms with Gasteiger partial charge in [0.15, 0.2) is 5.76 Å². The average molecular weight is 252 g/mol. The van der Waals surface area contributed by atoms with Crippen LogP contribution in [0.25, 0.3) is 6.08 Å². The highest BCUT2D eigenvalue weighted by atomic mass is 16.5. The third kappa shape index (κ3) is 3.32. The molecule has 1 aliphatic carbocycles. The van der Waals surface area contributed by atoms with Crippen molar-refractivity contribution in [3.05, 3.63) is 77.1 Å². The molecular formula is C17H16O2. The number of allylic oxidation sites excluding steroid dienone is 6. The van der Waals surface area contributed by atoms with Gasteiger partial charge in [-0.3, -0.25) is 4.79 Å². The third-order valence-corrected chi connectivity index (χ3v) is 2.92. The van der Waals surface area contributed by atoms with Crippen LogP contribution in [0, 0.1) is 0 Å². The van der Waals surface area contributed by atoms with Crippen molar-refractivity contribution in [2.45, 2.75) is 6.92 Å². The van der Waals surface area contributed by atoms with Gasteiger partial charge in [-0.25, -0.2) is 0 Å². The van der Waals surface area contributed by atoms with Crippen molar-refractivity contribution in [1.29, 1.82) is 0 Å². The highest BCUT2D eigenvalue weighted by Crippen LogP contribution is 2.20. The molecule has 0 saturated carbocycles. The van der Waals surface area contributed by atoms with Crippen LogP contribution in [0.2, 0.25) is 0 Å². The molecule has 1 aromatic rings. The summed E-state index contributed by atoms with van der Waals surface area (Å²) in [5, 5.41) is 0. The molecule has 0 saturated heterocycles. The summed E-state index contributed by atoms with van der Waals surface area (Å²) in [6.45, 7) is 1.92. The van der Waals surface area contributed by atoms with E-state index in [0.717, 1.165) is 16.7 Å². The molecule has 0 bridgehead atoms. The van der Waals surface area contributed by atoms with Crippen LogP contribution >= 0.6 is 0 Å². The molecule has 0 radical (unpaired) electrons. The highest BCUT2D eigenvalue weighted by Gasteiger charge is 2.14. The number of rotatable bonds is 3. The molecule has 0 spiro atoms. The van der Waals surface area contributed by atoms with Gasteiger partial charge in [-0.1, -0.05) is 48.6 Å². The second-order valence-corrected chi connectivity index (χ2v) is 4.30. The van der Waals surface area contributed by atoms with Crippen molar-refractivity contribution < 1.29 is 9.53 Å². The Morgan fingerprint density at radius 2 is 1.84 bits per heavy atom. The number of ketones is 1. The molecule has 0 N–H and O–H groups in total. The molecule has 19 heavy (non-hydrogen) atoms. The molecule has 0 heterocycles. The summed E-state index contributed by atoms with van der Waals surface area (Å²) in [4.78, 5) is 11.6. The van der Waals surface area contributed by atoms with Crippen LogP contribution in [0.3, 0.4) is 0 Å². The summed E-state index contributed by atoms with van der Waals surface area (Å²) in [7, 11) is 1.51. The maximum absolute atomic E-state index is 11.6. The molecule has 2 rings (SSSR count). The number of methoxy groups -OCH3 is 1. The fourth-order valence-corrected chi connectivity index (χ4v) is 1.84. The van der Waals surface area contributed by atoms with E-state index in [1.165, 1.54) is 7.11 Å². The lowest BCUT2D eigenvalue weighted by Gasteiger charge is -2.11. The molecule has 0 amide bonds. The molecule has 1 aromatic carbocycles. The number of carbonyl (C=O) groups excluding carboxylic acids is 1. The van der Waals surface area contributed by atoms with Crippen LogP contribution in [0.1, 0.15) is 12.5 Å². The molecular weight excluding hydrogens is 236 g/mol. The predicted molar refractivity (Wildman–Crippen MR) is 77.4 cm³/mol. The Morgan fingerprint density at radius 3 is 2.53 bits per heavy atom. The molecule has 0 atom stereocenters. The van der Waals surface area contributed by atoms with E-state index in [-0.39, 0.29) is 5.78 Å². The minimum Gasteiger partial charge on any atom is -0.493 e. The number of hydrogen-bond donors (Lipinski definition) is 0. The van der Waals surface area contributed by atoms with E-state index in [1.54, 1.807) is 12.2 Å².